The Bertz CT molecular complexity index is 596. The predicted octanol–water partition coefficient (Wildman–Crippen LogP) is 6.40. The Morgan fingerprint density at radius 3 is 2.41 bits per heavy atom. The van der Waals surface area contributed by atoms with Crippen molar-refractivity contribution in [1.82, 2.24) is 0 Å². The molecule has 3 nitrogen and oxygen atoms in total. The van der Waals surface area contributed by atoms with Gasteiger partial charge in [-0.3, -0.25) is 4.79 Å². The van der Waals surface area contributed by atoms with Gasteiger partial charge in [-0.2, -0.15) is 0 Å². The fourth-order valence-corrected chi connectivity index (χ4v) is 3.40. The third kappa shape index (κ3) is 8.19. The van der Waals surface area contributed by atoms with Crippen molar-refractivity contribution in [2.75, 3.05) is 6.61 Å². The first-order valence-corrected chi connectivity index (χ1v) is 10.3. The molecule has 1 rings (SSSR count). The summed E-state index contributed by atoms with van der Waals surface area (Å²) >= 11 is 0. The number of rotatable bonds is 12. The molecule has 0 aromatic heterocycles. The molecule has 1 aromatic carbocycles. The summed E-state index contributed by atoms with van der Waals surface area (Å²) in [7, 11) is 0. The van der Waals surface area contributed by atoms with E-state index in [-0.39, 0.29) is 17.3 Å². The second-order valence-corrected chi connectivity index (χ2v) is 8.82. The molecule has 0 saturated carbocycles. The number of ether oxygens (including phenoxy) is 1. The van der Waals surface area contributed by atoms with Crippen molar-refractivity contribution in [1.29, 1.82) is 0 Å². The average molecular weight is 375 g/mol. The number of aryl methyl sites for hydroxylation is 1. The van der Waals surface area contributed by atoms with Crippen LogP contribution >= 0.6 is 0 Å². The zero-order valence-electron chi connectivity index (χ0n) is 17.9. The lowest BCUT2D eigenvalue weighted by Gasteiger charge is -2.23. The van der Waals surface area contributed by atoms with E-state index in [2.05, 4.69) is 45.5 Å². The van der Waals surface area contributed by atoms with Crippen LogP contribution in [-0.2, 0) is 16.6 Å². The number of carboxylic acid groups (broad SMARTS) is 1. The van der Waals surface area contributed by atoms with Gasteiger partial charge in [-0.05, 0) is 47.8 Å². The van der Waals surface area contributed by atoms with Crippen LogP contribution in [0.1, 0.15) is 77.8 Å². The Morgan fingerprint density at radius 1 is 1.19 bits per heavy atom. The summed E-state index contributed by atoms with van der Waals surface area (Å²) in [4.78, 5) is 11.2. The van der Waals surface area contributed by atoms with Crippen molar-refractivity contribution >= 4 is 5.97 Å². The van der Waals surface area contributed by atoms with E-state index < -0.39 is 5.97 Å². The van der Waals surface area contributed by atoms with Gasteiger partial charge in [0.25, 0.3) is 0 Å². The highest BCUT2D eigenvalue weighted by molar-refractivity contribution is 5.70. The minimum Gasteiger partial charge on any atom is -0.489 e. The Morgan fingerprint density at radius 2 is 1.85 bits per heavy atom. The average Bonchev–Trinajstić information content (AvgIpc) is 2.57. The van der Waals surface area contributed by atoms with E-state index in [9.17, 15) is 9.90 Å². The van der Waals surface area contributed by atoms with Crippen LogP contribution in [0.3, 0.4) is 0 Å². The minimum atomic E-state index is -0.656. The molecule has 1 unspecified atom stereocenters. The first-order chi connectivity index (χ1) is 12.7. The molecular weight excluding hydrogens is 336 g/mol. The maximum absolute atomic E-state index is 11.2. The van der Waals surface area contributed by atoms with E-state index in [1.807, 2.05) is 13.8 Å². The van der Waals surface area contributed by atoms with Crippen molar-refractivity contribution in [2.24, 2.45) is 11.8 Å². The molecule has 1 atom stereocenters. The topological polar surface area (TPSA) is 46.5 Å². The van der Waals surface area contributed by atoms with Gasteiger partial charge in [0.15, 0.2) is 0 Å². The van der Waals surface area contributed by atoms with Gasteiger partial charge in [-0.25, -0.2) is 0 Å². The summed E-state index contributed by atoms with van der Waals surface area (Å²) in [5.41, 5.74) is 2.57. The lowest BCUT2D eigenvalue weighted by molar-refractivity contribution is -0.143. The van der Waals surface area contributed by atoms with E-state index in [0.717, 1.165) is 44.3 Å². The molecule has 0 aliphatic carbocycles. The maximum atomic E-state index is 11.2. The van der Waals surface area contributed by atoms with Gasteiger partial charge in [0.05, 0.1) is 5.92 Å². The first kappa shape index (κ1) is 23.3. The van der Waals surface area contributed by atoms with Gasteiger partial charge in [0.1, 0.15) is 12.4 Å². The van der Waals surface area contributed by atoms with Gasteiger partial charge in [-0.1, -0.05) is 78.7 Å². The number of aliphatic carboxylic acids is 1. The molecule has 0 saturated heterocycles. The van der Waals surface area contributed by atoms with Crippen molar-refractivity contribution < 1.29 is 14.6 Å². The van der Waals surface area contributed by atoms with Crippen molar-refractivity contribution in [3.63, 3.8) is 0 Å². The van der Waals surface area contributed by atoms with Crippen LogP contribution in [0, 0.1) is 11.8 Å². The molecule has 0 aliphatic rings. The molecule has 1 aromatic rings. The second-order valence-electron chi connectivity index (χ2n) is 8.82. The lowest BCUT2D eigenvalue weighted by atomic mass is 9.85. The number of unbranched alkanes of at least 4 members (excludes halogenated alkanes) is 3. The van der Waals surface area contributed by atoms with Crippen LogP contribution in [0.25, 0.3) is 0 Å². The standard InChI is InChI=1S/C24H38O3/c1-7-16-27-22-17-19(14-15-21(22)24(4,5)6)12-10-8-9-11-13-20(18(2)3)23(25)26/h7,14-15,17-18,20H,1,8-13,16H2,2-6H3,(H,25,26). The van der Waals surface area contributed by atoms with Gasteiger partial charge in [-0.15, -0.1) is 0 Å². The largest absolute Gasteiger partial charge is 0.489 e. The van der Waals surface area contributed by atoms with E-state index in [1.54, 1.807) is 6.08 Å². The number of carbonyl (C=O) groups is 1. The highest BCUT2D eigenvalue weighted by Crippen LogP contribution is 2.32. The zero-order chi connectivity index (χ0) is 20.4. The number of carboxylic acids is 1. The highest BCUT2D eigenvalue weighted by atomic mass is 16.5. The molecule has 0 amide bonds. The van der Waals surface area contributed by atoms with Crippen LogP contribution in [0.2, 0.25) is 0 Å². The van der Waals surface area contributed by atoms with Crippen LogP contribution in [-0.4, -0.2) is 17.7 Å². The Hall–Kier alpha value is -1.77. The van der Waals surface area contributed by atoms with E-state index in [0.29, 0.717) is 6.61 Å². The number of benzene rings is 1. The lowest BCUT2D eigenvalue weighted by Crippen LogP contribution is -2.19. The normalized spacial score (nSPS) is 12.8. The van der Waals surface area contributed by atoms with Crippen molar-refractivity contribution in [3.05, 3.63) is 42.0 Å². The van der Waals surface area contributed by atoms with Crippen LogP contribution in [0.4, 0.5) is 0 Å². The summed E-state index contributed by atoms with van der Waals surface area (Å²) in [5.74, 6) is 0.300. The fourth-order valence-electron chi connectivity index (χ4n) is 3.40. The second kappa shape index (κ2) is 11.2. The van der Waals surface area contributed by atoms with E-state index in [4.69, 9.17) is 4.74 Å². The van der Waals surface area contributed by atoms with Crippen LogP contribution in [0.5, 0.6) is 5.75 Å². The molecule has 0 aliphatic heterocycles. The smallest absolute Gasteiger partial charge is 0.306 e. The van der Waals surface area contributed by atoms with Crippen LogP contribution in [0.15, 0.2) is 30.9 Å². The minimum absolute atomic E-state index is 0.0477. The fraction of sp³-hybridized carbons (Fsp3) is 0.625. The third-order valence-corrected chi connectivity index (χ3v) is 5.06. The first-order valence-electron chi connectivity index (χ1n) is 10.3. The number of hydrogen-bond acceptors (Lipinski definition) is 2. The summed E-state index contributed by atoms with van der Waals surface area (Å²) in [6.45, 7) is 14.8. The molecule has 1 N–H and O–H groups in total. The molecule has 27 heavy (non-hydrogen) atoms. The Balaban J connectivity index is 2.50. The zero-order valence-corrected chi connectivity index (χ0v) is 17.9. The Labute approximate surface area is 165 Å². The molecular formula is C24H38O3. The van der Waals surface area contributed by atoms with E-state index in [1.165, 1.54) is 11.1 Å². The SMILES string of the molecule is C=CCOc1cc(CCCCCCC(C(=O)O)C(C)C)ccc1C(C)(C)C. The molecule has 0 bridgehead atoms. The summed E-state index contributed by atoms with van der Waals surface area (Å²) < 4.78 is 5.90. The summed E-state index contributed by atoms with van der Waals surface area (Å²) in [5, 5.41) is 9.24. The molecule has 0 spiro atoms. The summed E-state index contributed by atoms with van der Waals surface area (Å²) in [6.07, 6.45) is 7.93. The van der Waals surface area contributed by atoms with Crippen molar-refractivity contribution in [3.8, 4) is 5.75 Å². The monoisotopic (exact) mass is 374 g/mol. The van der Waals surface area contributed by atoms with Gasteiger partial charge in [0, 0.05) is 0 Å². The quantitative estimate of drug-likeness (QED) is 0.340. The Kier molecular flexibility index (Phi) is 9.62. The molecule has 152 valence electrons. The molecule has 0 fully saturated rings. The van der Waals surface area contributed by atoms with E-state index >= 15 is 0 Å². The summed E-state index contributed by atoms with van der Waals surface area (Å²) in [6, 6.07) is 6.57. The van der Waals surface area contributed by atoms with Crippen molar-refractivity contribution in [2.45, 2.75) is 78.6 Å². The molecule has 0 radical (unpaired) electrons. The predicted molar refractivity (Wildman–Crippen MR) is 114 cm³/mol. The van der Waals surface area contributed by atoms with Gasteiger partial charge >= 0.3 is 5.97 Å². The number of hydrogen-bond donors (Lipinski definition) is 1. The molecule has 3 heteroatoms. The highest BCUT2D eigenvalue weighted by Gasteiger charge is 2.21. The molecule has 0 heterocycles. The van der Waals surface area contributed by atoms with Crippen LogP contribution < -0.4 is 4.74 Å². The van der Waals surface area contributed by atoms with Gasteiger partial charge in [0.2, 0.25) is 0 Å². The maximum Gasteiger partial charge on any atom is 0.306 e. The van der Waals surface area contributed by atoms with Gasteiger partial charge < -0.3 is 9.84 Å². The third-order valence-electron chi connectivity index (χ3n) is 5.06.